The summed E-state index contributed by atoms with van der Waals surface area (Å²) in [5.41, 5.74) is 3.43. The molecule has 1 fully saturated rings. The summed E-state index contributed by atoms with van der Waals surface area (Å²) < 4.78 is 5.08. The smallest absolute Gasteiger partial charge is 0.409 e. The summed E-state index contributed by atoms with van der Waals surface area (Å²) in [5.74, 6) is 2.28. The lowest BCUT2D eigenvalue weighted by atomic mass is 10.1. The van der Waals surface area contributed by atoms with Gasteiger partial charge in [-0.05, 0) is 63.8 Å². The van der Waals surface area contributed by atoms with Gasteiger partial charge in [-0.15, -0.1) is 0 Å². The number of hydrogen-bond donors (Lipinski definition) is 2. The van der Waals surface area contributed by atoms with Crippen LogP contribution in [0.1, 0.15) is 36.7 Å². The molecule has 150 valence electrons. The Kier molecular flexibility index (Phi) is 6.34. The van der Waals surface area contributed by atoms with Crippen LogP contribution in [0.3, 0.4) is 0 Å². The first-order chi connectivity index (χ1) is 13.4. The van der Waals surface area contributed by atoms with Gasteiger partial charge in [-0.1, -0.05) is 6.07 Å². The molecule has 2 aromatic rings. The van der Waals surface area contributed by atoms with Crippen LogP contribution in [0.15, 0.2) is 24.3 Å². The van der Waals surface area contributed by atoms with Crippen LogP contribution in [-0.4, -0.2) is 46.7 Å². The van der Waals surface area contributed by atoms with Crippen LogP contribution in [-0.2, 0) is 4.74 Å². The number of benzene rings is 1. The zero-order valence-corrected chi connectivity index (χ0v) is 17.1. The average Bonchev–Trinajstić information content (AvgIpc) is 2.61. The second-order valence-electron chi connectivity index (χ2n) is 7.29. The van der Waals surface area contributed by atoms with Gasteiger partial charge in [0.15, 0.2) is 0 Å². The standard InChI is InChI=1S/C21H29N5O2/c1-5-28-21(27)26-8-6-17(7-9-26)24-19-13-20(23-16(4)22-19)25-18-11-14(2)10-15(3)12-18/h10-13,17H,5-9H2,1-4H3,(H2,22,23,24,25). The minimum atomic E-state index is -0.223. The normalized spacial score (nSPS) is 14.6. The van der Waals surface area contributed by atoms with Gasteiger partial charge in [-0.2, -0.15) is 0 Å². The molecule has 0 radical (unpaired) electrons. The monoisotopic (exact) mass is 383 g/mol. The van der Waals surface area contributed by atoms with Crippen LogP contribution < -0.4 is 10.6 Å². The van der Waals surface area contributed by atoms with Gasteiger partial charge in [-0.3, -0.25) is 0 Å². The summed E-state index contributed by atoms with van der Waals surface area (Å²) in [6, 6.07) is 8.55. The van der Waals surface area contributed by atoms with Gasteiger partial charge in [0.1, 0.15) is 17.5 Å². The van der Waals surface area contributed by atoms with Crippen molar-refractivity contribution in [1.82, 2.24) is 14.9 Å². The third-order valence-corrected chi connectivity index (χ3v) is 4.71. The summed E-state index contributed by atoms with van der Waals surface area (Å²) >= 11 is 0. The highest BCUT2D eigenvalue weighted by Crippen LogP contribution is 2.22. The maximum Gasteiger partial charge on any atom is 0.409 e. The van der Waals surface area contributed by atoms with Gasteiger partial charge >= 0.3 is 6.09 Å². The van der Waals surface area contributed by atoms with Gasteiger partial charge in [0.05, 0.1) is 6.61 Å². The number of aromatic nitrogens is 2. The largest absolute Gasteiger partial charge is 0.450 e. The summed E-state index contributed by atoms with van der Waals surface area (Å²) in [6.45, 7) is 9.67. The number of amides is 1. The summed E-state index contributed by atoms with van der Waals surface area (Å²) in [4.78, 5) is 22.6. The molecule has 0 atom stereocenters. The molecule has 1 aromatic carbocycles. The molecule has 0 unspecified atom stereocenters. The fourth-order valence-electron chi connectivity index (χ4n) is 3.53. The molecule has 0 bridgehead atoms. The van der Waals surface area contributed by atoms with Gasteiger partial charge in [0.2, 0.25) is 0 Å². The molecular formula is C21H29N5O2. The molecule has 3 rings (SSSR count). The van der Waals surface area contributed by atoms with Crippen molar-refractivity contribution in [3.05, 3.63) is 41.2 Å². The van der Waals surface area contributed by atoms with E-state index in [-0.39, 0.29) is 12.1 Å². The Morgan fingerprint density at radius 2 is 1.71 bits per heavy atom. The predicted molar refractivity (Wildman–Crippen MR) is 111 cm³/mol. The molecule has 1 aliphatic rings. The predicted octanol–water partition coefficient (Wildman–Crippen LogP) is 4.18. The van der Waals surface area contributed by atoms with E-state index in [4.69, 9.17) is 4.74 Å². The summed E-state index contributed by atoms with van der Waals surface area (Å²) in [6.07, 6.45) is 1.50. The van der Waals surface area contributed by atoms with Gasteiger partial charge in [-0.25, -0.2) is 14.8 Å². The molecule has 1 aliphatic heterocycles. The Morgan fingerprint density at radius 3 is 2.36 bits per heavy atom. The molecular weight excluding hydrogens is 354 g/mol. The number of rotatable bonds is 5. The highest BCUT2D eigenvalue weighted by molar-refractivity contribution is 5.67. The Morgan fingerprint density at radius 1 is 1.07 bits per heavy atom. The highest BCUT2D eigenvalue weighted by Gasteiger charge is 2.23. The maximum atomic E-state index is 11.8. The average molecular weight is 383 g/mol. The molecule has 2 N–H and O–H groups in total. The molecule has 0 saturated carbocycles. The number of nitrogens with one attached hydrogen (secondary N) is 2. The molecule has 0 spiro atoms. The first kappa shape index (κ1) is 19.9. The third kappa shape index (κ3) is 5.34. The van der Waals surface area contributed by atoms with Crippen molar-refractivity contribution in [2.45, 2.75) is 46.6 Å². The fourth-order valence-corrected chi connectivity index (χ4v) is 3.53. The zero-order chi connectivity index (χ0) is 20.1. The van der Waals surface area contributed by atoms with Crippen LogP contribution in [0, 0.1) is 20.8 Å². The number of anilines is 3. The van der Waals surface area contributed by atoms with Crippen LogP contribution in [0.5, 0.6) is 0 Å². The van der Waals surface area contributed by atoms with Crippen LogP contribution in [0.4, 0.5) is 22.1 Å². The first-order valence-corrected chi connectivity index (χ1v) is 9.82. The number of carbonyl (C=O) groups excluding carboxylic acids is 1. The molecule has 2 heterocycles. The second-order valence-corrected chi connectivity index (χ2v) is 7.29. The van der Waals surface area contributed by atoms with E-state index >= 15 is 0 Å². The van der Waals surface area contributed by atoms with E-state index in [1.165, 1.54) is 11.1 Å². The number of carbonyl (C=O) groups is 1. The van der Waals surface area contributed by atoms with Crippen LogP contribution in [0.25, 0.3) is 0 Å². The Hall–Kier alpha value is -2.83. The van der Waals surface area contributed by atoms with Crippen molar-refractivity contribution >= 4 is 23.4 Å². The van der Waals surface area contributed by atoms with Crippen LogP contribution in [0.2, 0.25) is 0 Å². The lowest BCUT2D eigenvalue weighted by Gasteiger charge is -2.31. The minimum absolute atomic E-state index is 0.223. The van der Waals surface area contributed by atoms with Crippen molar-refractivity contribution in [1.29, 1.82) is 0 Å². The summed E-state index contributed by atoms with van der Waals surface area (Å²) in [7, 11) is 0. The van der Waals surface area contributed by atoms with E-state index in [0.29, 0.717) is 25.5 Å². The molecule has 28 heavy (non-hydrogen) atoms. The number of nitrogens with zero attached hydrogens (tertiary/aromatic N) is 3. The van der Waals surface area contributed by atoms with Crippen LogP contribution >= 0.6 is 0 Å². The summed E-state index contributed by atoms with van der Waals surface area (Å²) in [5, 5.41) is 6.87. The Balaban J connectivity index is 1.63. The zero-order valence-electron chi connectivity index (χ0n) is 17.1. The van der Waals surface area contributed by atoms with E-state index < -0.39 is 0 Å². The fraction of sp³-hybridized carbons (Fsp3) is 0.476. The quantitative estimate of drug-likeness (QED) is 0.806. The second kappa shape index (κ2) is 8.91. The first-order valence-electron chi connectivity index (χ1n) is 9.82. The van der Waals surface area contributed by atoms with Gasteiger partial charge < -0.3 is 20.3 Å². The lowest BCUT2D eigenvalue weighted by Crippen LogP contribution is -2.42. The van der Waals surface area contributed by atoms with Crippen molar-refractivity contribution in [3.8, 4) is 0 Å². The van der Waals surface area contributed by atoms with E-state index in [1.807, 2.05) is 19.9 Å². The lowest BCUT2D eigenvalue weighted by molar-refractivity contribution is 0.0983. The molecule has 1 amide bonds. The maximum absolute atomic E-state index is 11.8. The molecule has 1 aromatic heterocycles. The molecule has 7 nitrogen and oxygen atoms in total. The van der Waals surface area contributed by atoms with Crippen molar-refractivity contribution < 1.29 is 9.53 Å². The Labute approximate surface area is 166 Å². The number of likely N-dealkylation sites (tertiary alicyclic amines) is 1. The van der Waals surface area contributed by atoms with E-state index in [0.717, 1.165) is 30.2 Å². The van der Waals surface area contributed by atoms with Gasteiger partial charge in [0.25, 0.3) is 0 Å². The van der Waals surface area contributed by atoms with Gasteiger partial charge in [0, 0.05) is 30.9 Å². The SMILES string of the molecule is CCOC(=O)N1CCC(Nc2cc(Nc3cc(C)cc(C)c3)nc(C)n2)CC1. The molecule has 1 saturated heterocycles. The number of piperidine rings is 1. The molecule has 7 heteroatoms. The number of aryl methyl sites for hydroxylation is 3. The van der Waals surface area contributed by atoms with E-state index in [9.17, 15) is 4.79 Å². The van der Waals surface area contributed by atoms with Crippen molar-refractivity contribution in [2.75, 3.05) is 30.3 Å². The number of hydrogen-bond acceptors (Lipinski definition) is 6. The minimum Gasteiger partial charge on any atom is -0.450 e. The van der Waals surface area contributed by atoms with E-state index in [2.05, 4.69) is 52.6 Å². The number of ether oxygens (including phenoxy) is 1. The Bertz CT molecular complexity index is 811. The van der Waals surface area contributed by atoms with Crippen molar-refractivity contribution in [3.63, 3.8) is 0 Å². The van der Waals surface area contributed by atoms with Crippen molar-refractivity contribution in [2.24, 2.45) is 0 Å². The third-order valence-electron chi connectivity index (χ3n) is 4.71. The highest BCUT2D eigenvalue weighted by atomic mass is 16.6. The topological polar surface area (TPSA) is 79.4 Å². The molecule has 0 aliphatic carbocycles. The van der Waals surface area contributed by atoms with E-state index in [1.54, 1.807) is 4.90 Å².